The maximum absolute atomic E-state index is 12.6. The van der Waals surface area contributed by atoms with Gasteiger partial charge in [0.2, 0.25) is 5.91 Å². The van der Waals surface area contributed by atoms with Crippen molar-refractivity contribution >= 4 is 40.7 Å². The first-order valence-corrected chi connectivity index (χ1v) is 9.17. The van der Waals surface area contributed by atoms with Gasteiger partial charge in [-0.15, -0.1) is 23.1 Å². The van der Waals surface area contributed by atoms with Crippen LogP contribution in [0.15, 0.2) is 41.8 Å². The minimum Gasteiger partial charge on any atom is -0.481 e. The number of nitrogens with one attached hydrogen (secondary N) is 1. The van der Waals surface area contributed by atoms with Crippen LogP contribution in [0.25, 0.3) is 0 Å². The predicted octanol–water partition coefficient (Wildman–Crippen LogP) is 3.98. The fourth-order valence-electron chi connectivity index (χ4n) is 2.03. The van der Waals surface area contributed by atoms with Crippen LogP contribution in [0.2, 0.25) is 0 Å². The van der Waals surface area contributed by atoms with Gasteiger partial charge in [0.25, 0.3) is 0 Å². The summed E-state index contributed by atoms with van der Waals surface area (Å²) in [6, 6.07) is 11.4. The number of thioether (sulfide) groups is 1. The summed E-state index contributed by atoms with van der Waals surface area (Å²) in [5.74, 6) is -0.209. The van der Waals surface area contributed by atoms with Crippen molar-refractivity contribution in [1.29, 1.82) is 0 Å². The number of benzene rings is 1. The van der Waals surface area contributed by atoms with Gasteiger partial charge in [-0.3, -0.25) is 9.59 Å². The third kappa shape index (κ3) is 4.84. The van der Waals surface area contributed by atoms with Gasteiger partial charge in [0.05, 0.1) is 11.2 Å². The maximum atomic E-state index is 12.6. The van der Waals surface area contributed by atoms with Crippen LogP contribution in [0, 0.1) is 0 Å². The van der Waals surface area contributed by atoms with E-state index in [4.69, 9.17) is 5.11 Å². The van der Waals surface area contributed by atoms with E-state index in [0.29, 0.717) is 5.75 Å². The topological polar surface area (TPSA) is 66.4 Å². The molecule has 2 aromatic rings. The van der Waals surface area contributed by atoms with E-state index in [1.54, 1.807) is 11.3 Å². The molecule has 0 bridgehead atoms. The summed E-state index contributed by atoms with van der Waals surface area (Å²) in [5, 5.41) is 13.6. The molecule has 2 N–H and O–H groups in total. The SMILES string of the molecule is CC(C)(C(=O)Nc1cccc(CSCC(=O)O)c1)c1cccs1. The molecule has 0 spiro atoms. The van der Waals surface area contributed by atoms with Crippen LogP contribution < -0.4 is 5.32 Å². The number of carbonyl (C=O) groups excluding carboxylic acids is 1. The second-order valence-electron chi connectivity index (χ2n) is 5.64. The van der Waals surface area contributed by atoms with Crippen molar-refractivity contribution in [2.45, 2.75) is 25.0 Å². The molecule has 23 heavy (non-hydrogen) atoms. The number of hydrogen-bond donors (Lipinski definition) is 2. The van der Waals surface area contributed by atoms with Gasteiger partial charge < -0.3 is 10.4 Å². The largest absolute Gasteiger partial charge is 0.481 e. The van der Waals surface area contributed by atoms with Crippen molar-refractivity contribution in [1.82, 2.24) is 0 Å². The first kappa shape index (κ1) is 17.6. The van der Waals surface area contributed by atoms with Gasteiger partial charge in [-0.25, -0.2) is 0 Å². The van der Waals surface area contributed by atoms with Gasteiger partial charge in [-0.05, 0) is 43.0 Å². The molecule has 0 atom stereocenters. The van der Waals surface area contributed by atoms with Crippen molar-refractivity contribution < 1.29 is 14.7 Å². The quantitative estimate of drug-likeness (QED) is 0.793. The molecule has 6 heteroatoms. The molecule has 2 rings (SSSR count). The zero-order chi connectivity index (χ0) is 16.9. The lowest BCUT2D eigenvalue weighted by atomic mass is 9.90. The van der Waals surface area contributed by atoms with E-state index in [9.17, 15) is 9.59 Å². The summed E-state index contributed by atoms with van der Waals surface area (Å²) >= 11 is 2.90. The van der Waals surface area contributed by atoms with Gasteiger partial charge in [-0.1, -0.05) is 18.2 Å². The number of hydrogen-bond acceptors (Lipinski definition) is 4. The Morgan fingerprint density at radius 2 is 2.04 bits per heavy atom. The summed E-state index contributed by atoms with van der Waals surface area (Å²) in [7, 11) is 0. The van der Waals surface area contributed by atoms with E-state index in [1.807, 2.05) is 55.6 Å². The van der Waals surface area contributed by atoms with Crippen LogP contribution in [0.4, 0.5) is 5.69 Å². The van der Waals surface area contributed by atoms with Gasteiger partial charge in [-0.2, -0.15) is 0 Å². The van der Waals surface area contributed by atoms with Crippen molar-refractivity contribution in [3.05, 3.63) is 52.2 Å². The average Bonchev–Trinajstić information content (AvgIpc) is 3.02. The second-order valence-corrected chi connectivity index (χ2v) is 7.58. The molecule has 0 aliphatic heterocycles. The number of carbonyl (C=O) groups is 2. The van der Waals surface area contributed by atoms with E-state index < -0.39 is 11.4 Å². The highest BCUT2D eigenvalue weighted by atomic mass is 32.2. The fraction of sp³-hybridized carbons (Fsp3) is 0.294. The molecule has 1 heterocycles. The van der Waals surface area contributed by atoms with Crippen LogP contribution >= 0.6 is 23.1 Å². The molecule has 0 unspecified atom stereocenters. The third-order valence-corrected chi connectivity index (χ3v) is 5.57. The summed E-state index contributed by atoms with van der Waals surface area (Å²) in [6.07, 6.45) is 0. The number of rotatable bonds is 7. The van der Waals surface area contributed by atoms with E-state index in [0.717, 1.165) is 16.1 Å². The Kier molecular flexibility index (Phi) is 5.85. The number of anilines is 1. The summed E-state index contributed by atoms with van der Waals surface area (Å²) in [4.78, 5) is 24.1. The number of thiophene rings is 1. The van der Waals surface area contributed by atoms with Crippen LogP contribution in [-0.4, -0.2) is 22.7 Å². The first-order valence-electron chi connectivity index (χ1n) is 7.13. The lowest BCUT2D eigenvalue weighted by Crippen LogP contribution is -2.33. The highest BCUT2D eigenvalue weighted by Gasteiger charge is 2.30. The normalized spacial score (nSPS) is 11.2. The molecule has 0 saturated carbocycles. The first-order chi connectivity index (χ1) is 10.9. The molecule has 0 fully saturated rings. The van der Waals surface area contributed by atoms with Gasteiger partial charge in [0.15, 0.2) is 0 Å². The summed E-state index contributed by atoms with van der Waals surface area (Å²) in [6.45, 7) is 3.81. The Labute approximate surface area is 143 Å². The highest BCUT2D eigenvalue weighted by molar-refractivity contribution is 7.99. The van der Waals surface area contributed by atoms with Crippen molar-refractivity contribution in [2.75, 3.05) is 11.1 Å². The molecule has 122 valence electrons. The Morgan fingerprint density at radius 3 is 2.70 bits per heavy atom. The second kappa shape index (κ2) is 7.66. The van der Waals surface area contributed by atoms with Crippen LogP contribution in [0.3, 0.4) is 0 Å². The molecule has 0 aliphatic rings. The maximum Gasteiger partial charge on any atom is 0.313 e. The smallest absolute Gasteiger partial charge is 0.313 e. The number of aliphatic carboxylic acids is 1. The molecular weight excluding hydrogens is 330 g/mol. The number of amides is 1. The molecule has 0 saturated heterocycles. The Balaban J connectivity index is 2.02. The predicted molar refractivity (Wildman–Crippen MR) is 96.2 cm³/mol. The molecule has 0 aliphatic carbocycles. The van der Waals surface area contributed by atoms with Crippen molar-refractivity contribution in [2.24, 2.45) is 0 Å². The number of carboxylic acid groups (broad SMARTS) is 1. The molecular formula is C17H19NO3S2. The van der Waals surface area contributed by atoms with Crippen LogP contribution in [-0.2, 0) is 20.8 Å². The monoisotopic (exact) mass is 349 g/mol. The van der Waals surface area contributed by atoms with E-state index in [2.05, 4.69) is 5.32 Å². The molecule has 4 nitrogen and oxygen atoms in total. The molecule has 1 aromatic carbocycles. The molecule has 1 aromatic heterocycles. The van der Waals surface area contributed by atoms with E-state index >= 15 is 0 Å². The van der Waals surface area contributed by atoms with Crippen LogP contribution in [0.5, 0.6) is 0 Å². The van der Waals surface area contributed by atoms with Crippen LogP contribution in [0.1, 0.15) is 24.3 Å². The Hall–Kier alpha value is -1.79. The van der Waals surface area contributed by atoms with Gasteiger partial charge >= 0.3 is 5.97 Å². The average molecular weight is 349 g/mol. The summed E-state index contributed by atoms with van der Waals surface area (Å²) < 4.78 is 0. The van der Waals surface area contributed by atoms with E-state index in [1.165, 1.54) is 11.8 Å². The fourth-order valence-corrected chi connectivity index (χ4v) is 3.57. The highest BCUT2D eigenvalue weighted by Crippen LogP contribution is 2.29. The summed E-state index contributed by atoms with van der Waals surface area (Å²) in [5.41, 5.74) is 1.12. The van der Waals surface area contributed by atoms with E-state index in [-0.39, 0.29) is 11.7 Å². The Morgan fingerprint density at radius 1 is 1.26 bits per heavy atom. The third-order valence-electron chi connectivity index (χ3n) is 3.38. The molecule has 0 radical (unpaired) electrons. The number of carboxylic acids is 1. The van der Waals surface area contributed by atoms with Crippen molar-refractivity contribution in [3.8, 4) is 0 Å². The lowest BCUT2D eigenvalue weighted by Gasteiger charge is -2.22. The van der Waals surface area contributed by atoms with Gasteiger partial charge in [0, 0.05) is 16.3 Å². The standard InChI is InChI=1S/C17H19NO3S2/c1-17(2,14-7-4-8-23-14)16(21)18-13-6-3-5-12(9-13)10-22-11-15(19)20/h3-9H,10-11H2,1-2H3,(H,18,21)(H,19,20). The zero-order valence-electron chi connectivity index (χ0n) is 13.0. The van der Waals surface area contributed by atoms with Gasteiger partial charge in [0.1, 0.15) is 0 Å². The lowest BCUT2D eigenvalue weighted by molar-refractivity contribution is -0.133. The Bertz CT molecular complexity index is 681. The zero-order valence-corrected chi connectivity index (χ0v) is 14.7. The molecule has 1 amide bonds. The minimum absolute atomic E-state index is 0.0599. The van der Waals surface area contributed by atoms with Crippen molar-refractivity contribution in [3.63, 3.8) is 0 Å². The minimum atomic E-state index is -0.822.